The van der Waals surface area contributed by atoms with Gasteiger partial charge in [0.15, 0.2) is 11.6 Å². The number of hydrogen-bond acceptors (Lipinski definition) is 7. The molecule has 1 aromatic carbocycles. The third-order valence-electron chi connectivity index (χ3n) is 5.82. The Morgan fingerprint density at radius 1 is 1.33 bits per heavy atom. The van der Waals surface area contributed by atoms with Crippen LogP contribution in [0.4, 0.5) is 0 Å². The molecule has 0 radical (unpaired) electrons. The molecule has 0 amide bonds. The first-order chi connectivity index (χ1) is 14.1. The Balaban J connectivity index is 1.57. The molecule has 0 unspecified atom stereocenters. The average Bonchev–Trinajstić information content (AvgIpc) is 3.22. The first-order valence-corrected chi connectivity index (χ1v) is 10.5. The SMILES string of the molecule is Cc1c(C(=O)CC[C@H](C(=O)OC[C@@H]2COC(C)(C)O2)C(C)C)ccc2c1B(O)OC2. The maximum absolute atomic E-state index is 12.8. The summed E-state index contributed by atoms with van der Waals surface area (Å²) in [5.74, 6) is -1.37. The van der Waals surface area contributed by atoms with Gasteiger partial charge in [-0.2, -0.15) is 0 Å². The molecule has 30 heavy (non-hydrogen) atoms. The largest absolute Gasteiger partial charge is 0.492 e. The highest BCUT2D eigenvalue weighted by atomic mass is 16.7. The van der Waals surface area contributed by atoms with Crippen molar-refractivity contribution < 1.29 is 33.5 Å². The van der Waals surface area contributed by atoms with Gasteiger partial charge in [-0.05, 0) is 49.7 Å². The quantitative estimate of drug-likeness (QED) is 0.393. The van der Waals surface area contributed by atoms with E-state index in [2.05, 4.69) is 0 Å². The number of fused-ring (bicyclic) bond motifs is 1. The van der Waals surface area contributed by atoms with Gasteiger partial charge in [-0.1, -0.05) is 26.0 Å². The third-order valence-corrected chi connectivity index (χ3v) is 5.82. The van der Waals surface area contributed by atoms with E-state index in [1.165, 1.54) is 0 Å². The Morgan fingerprint density at radius 3 is 2.70 bits per heavy atom. The van der Waals surface area contributed by atoms with Crippen LogP contribution in [0.3, 0.4) is 0 Å². The van der Waals surface area contributed by atoms with E-state index in [0.29, 0.717) is 30.7 Å². The fraction of sp³-hybridized carbons (Fsp3) is 0.636. The van der Waals surface area contributed by atoms with E-state index < -0.39 is 12.9 Å². The predicted octanol–water partition coefficient (Wildman–Crippen LogP) is 2.14. The summed E-state index contributed by atoms with van der Waals surface area (Å²) >= 11 is 0. The lowest BCUT2D eigenvalue weighted by Crippen LogP contribution is -2.32. The monoisotopic (exact) mass is 418 g/mol. The van der Waals surface area contributed by atoms with Crippen LogP contribution in [0.15, 0.2) is 12.1 Å². The molecule has 0 bridgehead atoms. The van der Waals surface area contributed by atoms with Crippen LogP contribution >= 0.6 is 0 Å². The summed E-state index contributed by atoms with van der Waals surface area (Å²) in [6.07, 6.45) is 0.351. The second kappa shape index (κ2) is 9.18. The minimum Gasteiger partial charge on any atom is -0.463 e. The van der Waals surface area contributed by atoms with E-state index >= 15 is 0 Å². The van der Waals surface area contributed by atoms with E-state index in [-0.39, 0.29) is 42.7 Å². The lowest BCUT2D eigenvalue weighted by molar-refractivity contribution is -0.162. The maximum atomic E-state index is 12.8. The Kier molecular flexibility index (Phi) is 7.02. The molecular weight excluding hydrogens is 387 g/mol. The van der Waals surface area contributed by atoms with Crippen molar-refractivity contribution in [3.05, 3.63) is 28.8 Å². The zero-order valence-corrected chi connectivity index (χ0v) is 18.4. The molecule has 2 aliphatic rings. The van der Waals surface area contributed by atoms with Gasteiger partial charge in [-0.15, -0.1) is 0 Å². The van der Waals surface area contributed by atoms with Gasteiger partial charge in [0.25, 0.3) is 0 Å². The molecule has 0 saturated carbocycles. The Morgan fingerprint density at radius 2 is 2.07 bits per heavy atom. The van der Waals surface area contributed by atoms with Crippen LogP contribution in [0.1, 0.15) is 62.0 Å². The number of ketones is 1. The van der Waals surface area contributed by atoms with Crippen molar-refractivity contribution in [2.75, 3.05) is 13.2 Å². The van der Waals surface area contributed by atoms with Crippen molar-refractivity contribution in [3.8, 4) is 0 Å². The highest BCUT2D eigenvalue weighted by Gasteiger charge is 2.35. The van der Waals surface area contributed by atoms with Crippen LogP contribution in [0.5, 0.6) is 0 Å². The summed E-state index contributed by atoms with van der Waals surface area (Å²) in [5, 5.41) is 10.00. The summed E-state index contributed by atoms with van der Waals surface area (Å²) in [4.78, 5) is 25.5. The van der Waals surface area contributed by atoms with Crippen molar-refractivity contribution >= 4 is 24.3 Å². The molecule has 0 aliphatic carbocycles. The molecule has 3 rings (SSSR count). The minimum atomic E-state index is -0.988. The fourth-order valence-corrected chi connectivity index (χ4v) is 4.08. The summed E-state index contributed by atoms with van der Waals surface area (Å²) < 4.78 is 21.9. The molecule has 2 atom stereocenters. The molecule has 1 saturated heterocycles. The molecule has 7 nitrogen and oxygen atoms in total. The van der Waals surface area contributed by atoms with Gasteiger partial charge >= 0.3 is 13.1 Å². The van der Waals surface area contributed by atoms with Crippen molar-refractivity contribution in [3.63, 3.8) is 0 Å². The van der Waals surface area contributed by atoms with Gasteiger partial charge < -0.3 is 23.9 Å². The first-order valence-electron chi connectivity index (χ1n) is 10.5. The highest BCUT2D eigenvalue weighted by molar-refractivity contribution is 6.62. The molecule has 1 aromatic rings. The van der Waals surface area contributed by atoms with Gasteiger partial charge in [0.2, 0.25) is 0 Å². The van der Waals surface area contributed by atoms with Crippen LogP contribution in [-0.2, 0) is 30.3 Å². The number of carbonyl (C=O) groups excluding carboxylic acids is 2. The molecule has 0 spiro atoms. The highest BCUT2D eigenvalue weighted by Crippen LogP contribution is 2.25. The zero-order valence-electron chi connectivity index (χ0n) is 18.4. The van der Waals surface area contributed by atoms with Gasteiger partial charge in [-0.3, -0.25) is 9.59 Å². The lowest BCUT2D eigenvalue weighted by atomic mass is 9.74. The molecule has 2 aliphatic heterocycles. The summed E-state index contributed by atoms with van der Waals surface area (Å²) in [7, 11) is -0.988. The predicted molar refractivity (Wildman–Crippen MR) is 111 cm³/mol. The Hall–Kier alpha value is -1.74. The third kappa shape index (κ3) is 5.11. The van der Waals surface area contributed by atoms with Gasteiger partial charge in [-0.25, -0.2) is 0 Å². The van der Waals surface area contributed by atoms with Gasteiger partial charge in [0.05, 0.1) is 19.1 Å². The molecule has 1 N–H and O–H groups in total. The molecule has 2 heterocycles. The number of benzene rings is 1. The standard InChI is InChI=1S/C22H31BO7/c1-13(2)17(21(25)27-11-16-12-28-22(4,5)30-16)8-9-19(24)18-7-6-15-10-29-23(26)20(15)14(18)3/h6-7,13,16-17,26H,8-12H2,1-5H3/t16-,17+/m1/s1. The molecule has 1 fully saturated rings. The van der Waals surface area contributed by atoms with Crippen LogP contribution in [0.25, 0.3) is 0 Å². The molecular formula is C22H31BO7. The average molecular weight is 418 g/mol. The summed E-state index contributed by atoms with van der Waals surface area (Å²) in [5.41, 5.74) is 2.89. The van der Waals surface area contributed by atoms with E-state index in [1.54, 1.807) is 6.07 Å². The number of hydrogen-bond donors (Lipinski definition) is 1. The number of ether oxygens (including phenoxy) is 3. The second-order valence-corrected chi connectivity index (χ2v) is 8.87. The van der Waals surface area contributed by atoms with E-state index in [9.17, 15) is 14.6 Å². The fourth-order valence-electron chi connectivity index (χ4n) is 4.08. The van der Waals surface area contributed by atoms with Crippen LogP contribution < -0.4 is 5.46 Å². The molecule has 8 heteroatoms. The van der Waals surface area contributed by atoms with Gasteiger partial charge in [0.1, 0.15) is 12.7 Å². The maximum Gasteiger partial charge on any atom is 0.492 e. The van der Waals surface area contributed by atoms with E-state index in [0.717, 1.165) is 11.1 Å². The summed E-state index contributed by atoms with van der Waals surface area (Å²) in [6.45, 7) is 10.2. The molecule has 0 aromatic heterocycles. The number of rotatable bonds is 8. The molecule has 164 valence electrons. The van der Waals surface area contributed by atoms with Crippen molar-refractivity contribution in [1.29, 1.82) is 0 Å². The smallest absolute Gasteiger partial charge is 0.463 e. The van der Waals surface area contributed by atoms with E-state index in [4.69, 9.17) is 18.9 Å². The van der Waals surface area contributed by atoms with Crippen molar-refractivity contribution in [2.24, 2.45) is 11.8 Å². The summed E-state index contributed by atoms with van der Waals surface area (Å²) in [6, 6.07) is 3.60. The first kappa shape index (κ1) is 22.9. The topological polar surface area (TPSA) is 91.3 Å². The van der Waals surface area contributed by atoms with Crippen LogP contribution in [-0.4, -0.2) is 49.0 Å². The van der Waals surface area contributed by atoms with Crippen molar-refractivity contribution in [2.45, 2.75) is 66.0 Å². The van der Waals surface area contributed by atoms with Crippen molar-refractivity contribution in [1.82, 2.24) is 0 Å². The lowest BCUT2D eigenvalue weighted by Gasteiger charge is -2.21. The number of esters is 1. The number of Topliss-reactive ketones (excluding diaryl/α,β-unsaturated/α-hetero) is 1. The van der Waals surface area contributed by atoms with Crippen LogP contribution in [0, 0.1) is 18.8 Å². The van der Waals surface area contributed by atoms with Gasteiger partial charge in [0, 0.05) is 12.0 Å². The zero-order chi connectivity index (χ0) is 22.1. The Labute approximate surface area is 178 Å². The van der Waals surface area contributed by atoms with Crippen LogP contribution in [0.2, 0.25) is 0 Å². The number of carbonyl (C=O) groups is 2. The van der Waals surface area contributed by atoms with E-state index in [1.807, 2.05) is 40.7 Å². The second-order valence-electron chi connectivity index (χ2n) is 8.87. The minimum absolute atomic E-state index is 0.0406. The normalized spacial score (nSPS) is 21.0. The Bertz CT molecular complexity index is 805.